The molecule has 2 nitrogen and oxygen atoms in total. The lowest BCUT2D eigenvalue weighted by atomic mass is 10.2. The largest absolute Gasteiger partial charge is 0.219 e. The van der Waals surface area contributed by atoms with Gasteiger partial charge in [-0.3, -0.25) is 0 Å². The number of sulfone groups is 1. The summed E-state index contributed by atoms with van der Waals surface area (Å²) in [5.74, 6) is 0. The minimum atomic E-state index is -3.47. The van der Waals surface area contributed by atoms with Crippen LogP contribution in [0.3, 0.4) is 0 Å². The lowest BCUT2D eigenvalue weighted by Gasteiger charge is -2.05. The Morgan fingerprint density at radius 2 is 1.33 bits per heavy atom. The monoisotopic (exact) mass is 278 g/mol. The van der Waals surface area contributed by atoms with Crippen molar-refractivity contribution in [2.75, 3.05) is 0 Å². The van der Waals surface area contributed by atoms with Crippen molar-refractivity contribution in [2.24, 2.45) is 0 Å². The molecule has 4 heteroatoms. The van der Waals surface area contributed by atoms with Gasteiger partial charge in [-0.15, -0.1) is 0 Å². The SMILES string of the molecule is C=Cc1ccc(S(=O)(=O)c2ccc(Cl)cc2)cc1. The van der Waals surface area contributed by atoms with Gasteiger partial charge >= 0.3 is 0 Å². The molecule has 0 aromatic heterocycles. The zero-order chi connectivity index (χ0) is 13.2. The van der Waals surface area contributed by atoms with Crippen LogP contribution in [0.2, 0.25) is 5.02 Å². The predicted octanol–water partition coefficient (Wildman–Crippen LogP) is 3.82. The topological polar surface area (TPSA) is 34.1 Å². The highest BCUT2D eigenvalue weighted by Gasteiger charge is 2.16. The minimum Gasteiger partial charge on any atom is -0.219 e. The summed E-state index contributed by atoms with van der Waals surface area (Å²) in [5, 5.41) is 0.510. The highest BCUT2D eigenvalue weighted by atomic mass is 35.5. The van der Waals surface area contributed by atoms with Gasteiger partial charge in [-0.2, -0.15) is 0 Å². The second-order valence-electron chi connectivity index (χ2n) is 3.73. The van der Waals surface area contributed by atoms with Gasteiger partial charge in [0, 0.05) is 5.02 Å². The van der Waals surface area contributed by atoms with E-state index in [1.165, 1.54) is 12.1 Å². The quantitative estimate of drug-likeness (QED) is 0.855. The average molecular weight is 279 g/mol. The van der Waals surface area contributed by atoms with Crippen LogP contribution < -0.4 is 0 Å². The summed E-state index contributed by atoms with van der Waals surface area (Å²) in [6.07, 6.45) is 1.67. The molecule has 2 rings (SSSR count). The molecule has 92 valence electrons. The molecular weight excluding hydrogens is 268 g/mol. The van der Waals surface area contributed by atoms with Crippen LogP contribution in [0.1, 0.15) is 5.56 Å². The van der Waals surface area contributed by atoms with Gasteiger partial charge in [0.15, 0.2) is 0 Å². The van der Waals surface area contributed by atoms with Crippen molar-refractivity contribution >= 4 is 27.5 Å². The number of halogens is 1. The van der Waals surface area contributed by atoms with Gasteiger partial charge < -0.3 is 0 Å². The number of hydrogen-bond acceptors (Lipinski definition) is 2. The first-order valence-corrected chi connectivity index (χ1v) is 7.13. The molecule has 0 spiro atoms. The van der Waals surface area contributed by atoms with Crippen molar-refractivity contribution < 1.29 is 8.42 Å². The summed E-state index contributed by atoms with van der Waals surface area (Å²) in [6.45, 7) is 3.63. The molecule has 0 N–H and O–H groups in total. The zero-order valence-electron chi connectivity index (χ0n) is 9.51. The molecule has 0 saturated carbocycles. The van der Waals surface area contributed by atoms with Gasteiger partial charge in [0.05, 0.1) is 9.79 Å². The van der Waals surface area contributed by atoms with Crippen molar-refractivity contribution in [3.8, 4) is 0 Å². The van der Waals surface area contributed by atoms with Gasteiger partial charge in [-0.05, 0) is 42.0 Å². The van der Waals surface area contributed by atoms with Crippen LogP contribution in [0.4, 0.5) is 0 Å². The Hall–Kier alpha value is -1.58. The lowest BCUT2D eigenvalue weighted by molar-refractivity contribution is 0.596. The Labute approximate surface area is 111 Å². The minimum absolute atomic E-state index is 0.234. The first-order chi connectivity index (χ1) is 8.54. The van der Waals surface area contributed by atoms with Crippen molar-refractivity contribution in [1.29, 1.82) is 0 Å². The Kier molecular flexibility index (Phi) is 3.55. The second kappa shape index (κ2) is 4.96. The summed E-state index contributed by atoms with van der Waals surface area (Å²) >= 11 is 5.74. The number of rotatable bonds is 3. The maximum Gasteiger partial charge on any atom is 0.206 e. The standard InChI is InChI=1S/C14H11ClO2S/c1-2-11-3-7-13(8-4-11)18(16,17)14-9-5-12(15)6-10-14/h2-10H,1H2. The Morgan fingerprint density at radius 1 is 0.889 bits per heavy atom. The molecule has 0 atom stereocenters. The Morgan fingerprint density at radius 3 is 1.78 bits per heavy atom. The van der Waals surface area contributed by atoms with Crippen molar-refractivity contribution in [3.63, 3.8) is 0 Å². The van der Waals surface area contributed by atoms with Crippen molar-refractivity contribution in [1.82, 2.24) is 0 Å². The highest BCUT2D eigenvalue weighted by Crippen LogP contribution is 2.22. The lowest BCUT2D eigenvalue weighted by Crippen LogP contribution is -2.01. The molecule has 0 aliphatic heterocycles. The van der Waals surface area contributed by atoms with Crippen LogP contribution in [0.25, 0.3) is 6.08 Å². The smallest absolute Gasteiger partial charge is 0.206 e. The van der Waals surface area contributed by atoms with Gasteiger partial charge in [0.2, 0.25) is 9.84 Å². The number of hydrogen-bond donors (Lipinski definition) is 0. The zero-order valence-corrected chi connectivity index (χ0v) is 11.1. The average Bonchev–Trinajstić information content (AvgIpc) is 2.39. The summed E-state index contributed by atoms with van der Waals surface area (Å²) in [4.78, 5) is 0.494. The predicted molar refractivity (Wildman–Crippen MR) is 73.4 cm³/mol. The van der Waals surface area contributed by atoms with E-state index in [9.17, 15) is 8.42 Å². The maximum atomic E-state index is 12.3. The molecule has 2 aromatic rings. The molecule has 0 saturated heterocycles. The third kappa shape index (κ3) is 2.47. The number of benzene rings is 2. The molecule has 0 fully saturated rings. The van der Waals surface area contributed by atoms with Gasteiger partial charge in [0.25, 0.3) is 0 Å². The van der Waals surface area contributed by atoms with Crippen molar-refractivity contribution in [2.45, 2.75) is 9.79 Å². The second-order valence-corrected chi connectivity index (χ2v) is 6.12. The first-order valence-electron chi connectivity index (χ1n) is 5.27. The van der Waals surface area contributed by atoms with E-state index >= 15 is 0 Å². The molecule has 0 amide bonds. The summed E-state index contributed by atoms with van der Waals surface area (Å²) in [5.41, 5.74) is 0.880. The van der Waals surface area contributed by atoms with E-state index in [0.29, 0.717) is 5.02 Å². The van der Waals surface area contributed by atoms with Crippen LogP contribution in [0.5, 0.6) is 0 Å². The molecule has 0 aliphatic carbocycles. The molecule has 18 heavy (non-hydrogen) atoms. The maximum absolute atomic E-state index is 12.3. The first kappa shape index (κ1) is 12.9. The Balaban J connectivity index is 2.47. The normalized spacial score (nSPS) is 11.2. The molecule has 2 aromatic carbocycles. The van der Waals surface area contributed by atoms with E-state index in [1.54, 1.807) is 42.5 Å². The summed E-state index contributed by atoms with van der Waals surface area (Å²) in [6, 6.07) is 12.7. The van der Waals surface area contributed by atoms with Crippen LogP contribution >= 0.6 is 11.6 Å². The van der Waals surface area contributed by atoms with Crippen molar-refractivity contribution in [3.05, 3.63) is 65.7 Å². The van der Waals surface area contributed by atoms with Crippen LogP contribution in [0.15, 0.2) is 64.9 Å². The molecule has 0 radical (unpaired) electrons. The van der Waals surface area contributed by atoms with Gasteiger partial charge in [0.1, 0.15) is 0 Å². The fourth-order valence-corrected chi connectivity index (χ4v) is 2.92. The van der Waals surface area contributed by atoms with E-state index in [1.807, 2.05) is 0 Å². The third-order valence-electron chi connectivity index (χ3n) is 2.55. The van der Waals surface area contributed by atoms with E-state index in [0.717, 1.165) is 5.56 Å². The van der Waals surface area contributed by atoms with E-state index < -0.39 is 9.84 Å². The molecule has 0 bridgehead atoms. The van der Waals surface area contributed by atoms with E-state index in [4.69, 9.17) is 11.6 Å². The van der Waals surface area contributed by atoms with E-state index in [2.05, 4.69) is 6.58 Å². The van der Waals surface area contributed by atoms with Crippen LogP contribution in [-0.2, 0) is 9.84 Å². The van der Waals surface area contributed by atoms with Crippen LogP contribution in [-0.4, -0.2) is 8.42 Å². The molecule has 0 heterocycles. The molecule has 0 unspecified atom stereocenters. The molecule has 0 aliphatic rings. The Bertz CT molecular complexity index is 656. The fourth-order valence-electron chi connectivity index (χ4n) is 1.53. The summed E-state index contributed by atoms with van der Waals surface area (Å²) in [7, 11) is -3.47. The third-order valence-corrected chi connectivity index (χ3v) is 4.59. The van der Waals surface area contributed by atoms with Crippen LogP contribution in [0, 0.1) is 0 Å². The summed E-state index contributed by atoms with van der Waals surface area (Å²) < 4.78 is 24.6. The molecular formula is C14H11ClO2S. The fraction of sp³-hybridized carbons (Fsp3) is 0. The van der Waals surface area contributed by atoms with E-state index in [-0.39, 0.29) is 9.79 Å². The van der Waals surface area contributed by atoms with Gasteiger partial charge in [-0.1, -0.05) is 36.4 Å². The van der Waals surface area contributed by atoms with Gasteiger partial charge in [-0.25, -0.2) is 8.42 Å². The highest BCUT2D eigenvalue weighted by molar-refractivity contribution is 7.91.